The van der Waals surface area contributed by atoms with E-state index in [0.717, 1.165) is 32.1 Å². The first-order chi connectivity index (χ1) is 8.38. The molecule has 1 aromatic carbocycles. The Balaban J connectivity index is 1.65. The highest BCUT2D eigenvalue weighted by Crippen LogP contribution is 2.27. The van der Waals surface area contributed by atoms with Gasteiger partial charge < -0.3 is 5.32 Å². The van der Waals surface area contributed by atoms with Gasteiger partial charge in [-0.25, -0.2) is 0 Å². The van der Waals surface area contributed by atoms with Crippen LogP contribution in [0.2, 0.25) is 0 Å². The van der Waals surface area contributed by atoms with Crippen LogP contribution in [0.25, 0.3) is 0 Å². The number of likely N-dealkylation sites (N-methyl/N-ethyl adjacent to an activating group) is 1. The van der Waals surface area contributed by atoms with Crippen molar-refractivity contribution in [3.63, 3.8) is 0 Å². The van der Waals surface area contributed by atoms with Gasteiger partial charge in [0, 0.05) is 19.6 Å². The fourth-order valence-electron chi connectivity index (χ4n) is 2.06. The van der Waals surface area contributed by atoms with Gasteiger partial charge in [-0.3, -0.25) is 4.90 Å². The van der Waals surface area contributed by atoms with E-state index in [1.165, 1.54) is 24.9 Å². The molecule has 1 aliphatic rings. The Bertz CT molecular complexity index is 306. The number of rotatable bonds is 8. The van der Waals surface area contributed by atoms with Crippen molar-refractivity contribution in [3.8, 4) is 0 Å². The molecule has 0 saturated heterocycles. The highest BCUT2D eigenvalue weighted by atomic mass is 15.1. The summed E-state index contributed by atoms with van der Waals surface area (Å²) in [6, 6.07) is 10.7. The van der Waals surface area contributed by atoms with Crippen LogP contribution in [-0.2, 0) is 6.54 Å². The van der Waals surface area contributed by atoms with Crippen molar-refractivity contribution in [1.82, 2.24) is 10.2 Å². The van der Waals surface area contributed by atoms with Gasteiger partial charge in [0.15, 0.2) is 0 Å². The van der Waals surface area contributed by atoms with Crippen LogP contribution >= 0.6 is 0 Å². The summed E-state index contributed by atoms with van der Waals surface area (Å²) in [4.78, 5) is 2.50. The standard InChI is InChI=1S/C15H24N2/c1-2-17(11-10-16-12-14-8-9-14)13-15-6-4-3-5-7-15/h3-7,14,16H,2,8-13H2,1H3. The minimum Gasteiger partial charge on any atom is -0.315 e. The zero-order valence-corrected chi connectivity index (χ0v) is 10.9. The highest BCUT2D eigenvalue weighted by Gasteiger charge is 2.20. The van der Waals surface area contributed by atoms with Crippen LogP contribution in [0.4, 0.5) is 0 Å². The maximum Gasteiger partial charge on any atom is 0.0234 e. The predicted molar refractivity (Wildman–Crippen MR) is 73.0 cm³/mol. The summed E-state index contributed by atoms with van der Waals surface area (Å²) in [5.41, 5.74) is 1.41. The Morgan fingerprint density at radius 1 is 1.24 bits per heavy atom. The molecule has 0 unspecified atom stereocenters. The maximum atomic E-state index is 3.56. The Hall–Kier alpha value is -0.860. The lowest BCUT2D eigenvalue weighted by Gasteiger charge is -2.20. The molecule has 0 aliphatic heterocycles. The Labute approximate surface area is 105 Å². The molecule has 0 amide bonds. The van der Waals surface area contributed by atoms with E-state index in [9.17, 15) is 0 Å². The first-order valence-corrected chi connectivity index (χ1v) is 6.85. The second-order valence-corrected chi connectivity index (χ2v) is 5.00. The Morgan fingerprint density at radius 2 is 2.00 bits per heavy atom. The van der Waals surface area contributed by atoms with Crippen LogP contribution in [0, 0.1) is 5.92 Å². The van der Waals surface area contributed by atoms with E-state index in [4.69, 9.17) is 0 Å². The summed E-state index contributed by atoms with van der Waals surface area (Å²) in [5.74, 6) is 0.985. The van der Waals surface area contributed by atoms with Gasteiger partial charge in [-0.2, -0.15) is 0 Å². The van der Waals surface area contributed by atoms with Gasteiger partial charge in [0.25, 0.3) is 0 Å². The minimum absolute atomic E-state index is 0.985. The Morgan fingerprint density at radius 3 is 2.65 bits per heavy atom. The van der Waals surface area contributed by atoms with Crippen LogP contribution in [0.5, 0.6) is 0 Å². The van der Waals surface area contributed by atoms with Gasteiger partial charge >= 0.3 is 0 Å². The predicted octanol–water partition coefficient (Wildman–Crippen LogP) is 2.51. The molecule has 1 aliphatic carbocycles. The molecule has 0 radical (unpaired) electrons. The van der Waals surface area contributed by atoms with E-state index in [-0.39, 0.29) is 0 Å². The van der Waals surface area contributed by atoms with Gasteiger partial charge in [-0.1, -0.05) is 37.3 Å². The first kappa shape index (κ1) is 12.6. The average molecular weight is 232 g/mol. The smallest absolute Gasteiger partial charge is 0.0234 e. The number of nitrogens with one attached hydrogen (secondary N) is 1. The van der Waals surface area contributed by atoms with Gasteiger partial charge in [0.2, 0.25) is 0 Å². The second kappa shape index (κ2) is 6.77. The van der Waals surface area contributed by atoms with Crippen LogP contribution in [-0.4, -0.2) is 31.1 Å². The molecule has 2 nitrogen and oxygen atoms in total. The van der Waals surface area contributed by atoms with E-state index >= 15 is 0 Å². The highest BCUT2D eigenvalue weighted by molar-refractivity contribution is 5.14. The normalized spacial score (nSPS) is 15.4. The molecule has 0 heterocycles. The summed E-state index contributed by atoms with van der Waals surface area (Å²) < 4.78 is 0. The Kier molecular flexibility index (Phi) is 5.02. The lowest BCUT2D eigenvalue weighted by atomic mass is 10.2. The molecule has 94 valence electrons. The molecule has 2 heteroatoms. The molecule has 2 rings (SSSR count). The van der Waals surface area contributed by atoms with Crippen LogP contribution in [0.3, 0.4) is 0 Å². The molecule has 1 aromatic rings. The van der Waals surface area contributed by atoms with Crippen molar-refractivity contribution >= 4 is 0 Å². The van der Waals surface area contributed by atoms with Crippen molar-refractivity contribution in [2.45, 2.75) is 26.3 Å². The number of hydrogen-bond acceptors (Lipinski definition) is 2. The van der Waals surface area contributed by atoms with E-state index in [2.05, 4.69) is 47.5 Å². The van der Waals surface area contributed by atoms with Crippen LogP contribution < -0.4 is 5.32 Å². The van der Waals surface area contributed by atoms with Crippen molar-refractivity contribution in [3.05, 3.63) is 35.9 Å². The third kappa shape index (κ3) is 4.88. The topological polar surface area (TPSA) is 15.3 Å². The van der Waals surface area contributed by atoms with Crippen molar-refractivity contribution in [2.75, 3.05) is 26.2 Å². The van der Waals surface area contributed by atoms with E-state index in [1.807, 2.05) is 0 Å². The summed E-state index contributed by atoms with van der Waals surface area (Å²) in [6.07, 6.45) is 2.88. The zero-order chi connectivity index (χ0) is 11.9. The van der Waals surface area contributed by atoms with Crippen LogP contribution in [0.15, 0.2) is 30.3 Å². The molecule has 0 bridgehead atoms. The largest absolute Gasteiger partial charge is 0.315 e. The van der Waals surface area contributed by atoms with E-state index in [1.54, 1.807) is 0 Å². The first-order valence-electron chi connectivity index (χ1n) is 6.85. The quantitative estimate of drug-likeness (QED) is 0.693. The maximum absolute atomic E-state index is 3.56. The molecular formula is C15H24N2. The molecule has 1 N–H and O–H groups in total. The molecular weight excluding hydrogens is 208 g/mol. The number of hydrogen-bond donors (Lipinski definition) is 1. The van der Waals surface area contributed by atoms with Crippen molar-refractivity contribution in [1.29, 1.82) is 0 Å². The number of benzene rings is 1. The minimum atomic E-state index is 0.985. The summed E-state index contributed by atoms with van der Waals surface area (Å²) in [6.45, 7) is 7.93. The summed E-state index contributed by atoms with van der Waals surface area (Å²) in [5, 5.41) is 3.56. The van der Waals surface area contributed by atoms with Gasteiger partial charge in [0.05, 0.1) is 0 Å². The van der Waals surface area contributed by atoms with E-state index in [0.29, 0.717) is 0 Å². The zero-order valence-electron chi connectivity index (χ0n) is 10.9. The summed E-state index contributed by atoms with van der Waals surface area (Å²) >= 11 is 0. The average Bonchev–Trinajstić information content (AvgIpc) is 3.18. The fraction of sp³-hybridized carbons (Fsp3) is 0.600. The molecule has 0 spiro atoms. The van der Waals surface area contributed by atoms with Crippen molar-refractivity contribution in [2.24, 2.45) is 5.92 Å². The molecule has 0 aromatic heterocycles. The molecule has 1 fully saturated rings. The van der Waals surface area contributed by atoms with Gasteiger partial charge in [-0.05, 0) is 37.4 Å². The van der Waals surface area contributed by atoms with Gasteiger partial charge in [-0.15, -0.1) is 0 Å². The third-order valence-corrected chi connectivity index (χ3v) is 3.43. The monoisotopic (exact) mass is 232 g/mol. The second-order valence-electron chi connectivity index (χ2n) is 5.00. The third-order valence-electron chi connectivity index (χ3n) is 3.43. The lowest BCUT2D eigenvalue weighted by Crippen LogP contribution is -2.32. The summed E-state index contributed by atoms with van der Waals surface area (Å²) in [7, 11) is 0. The molecule has 17 heavy (non-hydrogen) atoms. The lowest BCUT2D eigenvalue weighted by molar-refractivity contribution is 0.279. The molecule has 1 saturated carbocycles. The SMILES string of the molecule is CCN(CCNCC1CC1)Cc1ccccc1. The fourth-order valence-corrected chi connectivity index (χ4v) is 2.06. The van der Waals surface area contributed by atoms with E-state index < -0.39 is 0 Å². The van der Waals surface area contributed by atoms with Gasteiger partial charge in [0.1, 0.15) is 0 Å². The van der Waals surface area contributed by atoms with Crippen molar-refractivity contribution < 1.29 is 0 Å². The number of nitrogens with zero attached hydrogens (tertiary/aromatic N) is 1. The molecule has 0 atom stereocenters. The van der Waals surface area contributed by atoms with Crippen LogP contribution in [0.1, 0.15) is 25.3 Å².